The minimum absolute atomic E-state index is 0.194. The molecule has 0 aliphatic carbocycles. The first-order valence-electron chi connectivity index (χ1n) is 9.45. The first-order valence-corrected chi connectivity index (χ1v) is 9.45. The molecular weight excluding hydrogens is 396 g/mol. The summed E-state index contributed by atoms with van der Waals surface area (Å²) in [6.07, 6.45) is 3.14. The van der Waals surface area contributed by atoms with Crippen LogP contribution in [0.5, 0.6) is 23.0 Å². The zero-order valence-corrected chi connectivity index (χ0v) is 17.5. The second-order valence-corrected chi connectivity index (χ2v) is 6.42. The molecular formula is C25H22O6. The second kappa shape index (κ2) is 10.1. The summed E-state index contributed by atoms with van der Waals surface area (Å²) in [6, 6.07) is 18.5. The lowest BCUT2D eigenvalue weighted by atomic mass is 10.1. The van der Waals surface area contributed by atoms with Crippen LogP contribution in [0.3, 0.4) is 0 Å². The quantitative estimate of drug-likeness (QED) is 0.226. The molecule has 0 bridgehead atoms. The van der Waals surface area contributed by atoms with Crippen molar-refractivity contribution in [3.05, 3.63) is 89.5 Å². The number of ketones is 1. The van der Waals surface area contributed by atoms with Crippen molar-refractivity contribution in [3.63, 3.8) is 0 Å². The molecule has 158 valence electrons. The highest BCUT2D eigenvalue weighted by atomic mass is 16.5. The van der Waals surface area contributed by atoms with E-state index in [1.165, 1.54) is 13.2 Å². The third kappa shape index (κ3) is 5.30. The zero-order valence-electron chi connectivity index (χ0n) is 17.5. The number of hydrogen-bond donors (Lipinski definition) is 0. The average Bonchev–Trinajstić information content (AvgIpc) is 2.82. The van der Waals surface area contributed by atoms with E-state index in [0.717, 1.165) is 5.56 Å². The third-order valence-electron chi connectivity index (χ3n) is 4.53. The Balaban J connectivity index is 1.69. The van der Waals surface area contributed by atoms with E-state index in [9.17, 15) is 9.59 Å². The van der Waals surface area contributed by atoms with Crippen LogP contribution in [0.1, 0.15) is 26.3 Å². The lowest BCUT2D eigenvalue weighted by Crippen LogP contribution is -2.10. The van der Waals surface area contributed by atoms with Crippen LogP contribution in [0, 0.1) is 0 Å². The van der Waals surface area contributed by atoms with E-state index in [2.05, 4.69) is 0 Å². The van der Waals surface area contributed by atoms with Crippen molar-refractivity contribution in [2.24, 2.45) is 0 Å². The van der Waals surface area contributed by atoms with Crippen molar-refractivity contribution in [1.29, 1.82) is 0 Å². The maximum atomic E-state index is 12.5. The molecule has 0 aliphatic heterocycles. The van der Waals surface area contributed by atoms with Gasteiger partial charge in [-0.1, -0.05) is 12.1 Å². The number of para-hydroxylation sites is 1. The summed E-state index contributed by atoms with van der Waals surface area (Å²) < 4.78 is 21.1. The molecule has 6 heteroatoms. The van der Waals surface area contributed by atoms with Gasteiger partial charge in [-0.3, -0.25) is 4.79 Å². The Kier molecular flexibility index (Phi) is 7.06. The van der Waals surface area contributed by atoms with Crippen molar-refractivity contribution in [2.45, 2.75) is 0 Å². The summed E-state index contributed by atoms with van der Waals surface area (Å²) in [4.78, 5) is 24.9. The highest BCUT2D eigenvalue weighted by Gasteiger charge is 2.14. The molecule has 0 atom stereocenters. The van der Waals surface area contributed by atoms with E-state index in [1.54, 1.807) is 81.0 Å². The summed E-state index contributed by atoms with van der Waals surface area (Å²) in [5, 5.41) is 0. The molecule has 0 saturated carbocycles. The number of ether oxygens (including phenoxy) is 4. The molecule has 3 aromatic rings. The number of carbonyl (C=O) groups excluding carboxylic acids is 2. The Hall–Kier alpha value is -4.06. The smallest absolute Gasteiger partial charge is 0.347 e. The molecule has 0 fully saturated rings. The Labute approximate surface area is 180 Å². The standard InChI is InChI=1S/C25H22O6/c1-28-20-14-10-18(24(16-20)30-3)11-15-22(26)17-8-12-19(13-9-17)31-25(27)21-6-4-5-7-23(21)29-2/h4-16H,1-3H3/b15-11+. The molecule has 0 spiro atoms. The van der Waals surface area contributed by atoms with Crippen molar-refractivity contribution < 1.29 is 28.5 Å². The van der Waals surface area contributed by atoms with Crippen LogP contribution in [0.2, 0.25) is 0 Å². The molecule has 3 aromatic carbocycles. The van der Waals surface area contributed by atoms with Gasteiger partial charge in [0.1, 0.15) is 28.6 Å². The van der Waals surface area contributed by atoms with E-state index >= 15 is 0 Å². The fourth-order valence-electron chi connectivity index (χ4n) is 2.88. The van der Waals surface area contributed by atoms with Gasteiger partial charge in [0.05, 0.1) is 21.3 Å². The van der Waals surface area contributed by atoms with Crippen LogP contribution < -0.4 is 18.9 Å². The fourth-order valence-corrected chi connectivity index (χ4v) is 2.88. The zero-order chi connectivity index (χ0) is 22.2. The van der Waals surface area contributed by atoms with Gasteiger partial charge >= 0.3 is 5.97 Å². The van der Waals surface area contributed by atoms with E-state index < -0.39 is 5.97 Å². The van der Waals surface area contributed by atoms with E-state index in [4.69, 9.17) is 18.9 Å². The van der Waals surface area contributed by atoms with E-state index in [-0.39, 0.29) is 5.78 Å². The Morgan fingerprint density at radius 2 is 1.42 bits per heavy atom. The molecule has 0 saturated heterocycles. The molecule has 0 aliphatic rings. The highest BCUT2D eigenvalue weighted by molar-refractivity contribution is 6.07. The van der Waals surface area contributed by atoms with Crippen molar-refractivity contribution in [3.8, 4) is 23.0 Å². The van der Waals surface area contributed by atoms with Gasteiger partial charge in [-0.15, -0.1) is 0 Å². The predicted octanol–water partition coefficient (Wildman–Crippen LogP) is 4.83. The van der Waals surface area contributed by atoms with Crippen LogP contribution in [-0.4, -0.2) is 33.1 Å². The molecule has 0 unspecified atom stereocenters. The Bertz CT molecular complexity index is 1100. The first kappa shape index (κ1) is 21.6. The number of rotatable bonds is 8. The van der Waals surface area contributed by atoms with Gasteiger partial charge in [0.25, 0.3) is 0 Å². The topological polar surface area (TPSA) is 71.1 Å². The second-order valence-electron chi connectivity index (χ2n) is 6.42. The van der Waals surface area contributed by atoms with Crippen LogP contribution in [0.25, 0.3) is 6.08 Å². The lowest BCUT2D eigenvalue weighted by Gasteiger charge is -2.08. The van der Waals surface area contributed by atoms with Crippen molar-refractivity contribution >= 4 is 17.8 Å². The summed E-state index contributed by atoms with van der Waals surface area (Å²) in [6.45, 7) is 0. The van der Waals surface area contributed by atoms with Crippen molar-refractivity contribution in [2.75, 3.05) is 21.3 Å². The number of allylic oxidation sites excluding steroid dienone is 1. The summed E-state index contributed by atoms with van der Waals surface area (Å²) in [7, 11) is 4.62. The molecule has 0 amide bonds. The molecule has 0 aromatic heterocycles. The first-order chi connectivity index (χ1) is 15.0. The van der Waals surface area contributed by atoms with E-state index in [0.29, 0.717) is 34.1 Å². The SMILES string of the molecule is COc1ccc(/C=C/C(=O)c2ccc(OC(=O)c3ccccc3OC)cc2)c(OC)c1. The monoisotopic (exact) mass is 418 g/mol. The van der Waals surface area contributed by atoms with Gasteiger partial charge in [-0.25, -0.2) is 4.79 Å². The minimum atomic E-state index is -0.539. The average molecular weight is 418 g/mol. The van der Waals surface area contributed by atoms with Crippen LogP contribution >= 0.6 is 0 Å². The number of methoxy groups -OCH3 is 3. The van der Waals surface area contributed by atoms with Crippen LogP contribution in [-0.2, 0) is 0 Å². The molecule has 6 nitrogen and oxygen atoms in total. The van der Waals surface area contributed by atoms with Gasteiger partial charge in [-0.2, -0.15) is 0 Å². The molecule has 0 heterocycles. The van der Waals surface area contributed by atoms with Gasteiger partial charge in [0.15, 0.2) is 5.78 Å². The van der Waals surface area contributed by atoms with Gasteiger partial charge < -0.3 is 18.9 Å². The third-order valence-corrected chi connectivity index (χ3v) is 4.53. The molecule has 31 heavy (non-hydrogen) atoms. The van der Waals surface area contributed by atoms with E-state index in [1.807, 2.05) is 6.07 Å². The van der Waals surface area contributed by atoms with Gasteiger partial charge in [0.2, 0.25) is 0 Å². The number of hydrogen-bond acceptors (Lipinski definition) is 6. The molecule has 3 rings (SSSR count). The summed E-state index contributed by atoms with van der Waals surface area (Å²) >= 11 is 0. The van der Waals surface area contributed by atoms with Crippen LogP contribution in [0.15, 0.2) is 72.8 Å². The lowest BCUT2D eigenvalue weighted by molar-refractivity contribution is 0.0731. The maximum absolute atomic E-state index is 12.5. The highest BCUT2D eigenvalue weighted by Crippen LogP contribution is 2.26. The predicted molar refractivity (Wildman–Crippen MR) is 117 cm³/mol. The Morgan fingerprint density at radius 3 is 2.10 bits per heavy atom. The number of esters is 1. The Morgan fingerprint density at radius 1 is 0.742 bits per heavy atom. The molecule has 0 radical (unpaired) electrons. The minimum Gasteiger partial charge on any atom is -0.497 e. The van der Waals surface area contributed by atoms with Gasteiger partial charge in [0, 0.05) is 17.2 Å². The maximum Gasteiger partial charge on any atom is 0.347 e. The van der Waals surface area contributed by atoms with Gasteiger partial charge in [-0.05, 0) is 60.7 Å². The van der Waals surface area contributed by atoms with Crippen molar-refractivity contribution in [1.82, 2.24) is 0 Å². The normalized spacial score (nSPS) is 10.5. The number of carbonyl (C=O) groups is 2. The molecule has 0 N–H and O–H groups in total. The van der Waals surface area contributed by atoms with Crippen LogP contribution in [0.4, 0.5) is 0 Å². The largest absolute Gasteiger partial charge is 0.497 e. The number of benzene rings is 3. The summed E-state index contributed by atoms with van der Waals surface area (Å²) in [5.74, 6) is 1.29. The summed E-state index contributed by atoms with van der Waals surface area (Å²) in [5.41, 5.74) is 1.53. The fraction of sp³-hybridized carbons (Fsp3) is 0.120.